The number of piperidine rings is 1. The Kier molecular flexibility index (Phi) is 7.38. The lowest BCUT2D eigenvalue weighted by molar-refractivity contribution is 0.0918. The van der Waals surface area contributed by atoms with Gasteiger partial charge in [0, 0.05) is 26.3 Å². The highest BCUT2D eigenvalue weighted by molar-refractivity contribution is 7.70. The van der Waals surface area contributed by atoms with Gasteiger partial charge < -0.3 is 4.43 Å². The largest absolute Gasteiger partial charge is 0.414 e. The van der Waals surface area contributed by atoms with Gasteiger partial charge in [0.15, 0.2) is 8.32 Å². The average Bonchev–Trinajstić information content (AvgIpc) is 3.05. The van der Waals surface area contributed by atoms with Crippen LogP contribution in [0.4, 0.5) is 0 Å². The molecule has 4 heteroatoms. The minimum absolute atomic E-state index is 0.226. The van der Waals surface area contributed by atoms with Crippen molar-refractivity contribution in [1.29, 1.82) is 0 Å². The van der Waals surface area contributed by atoms with E-state index in [-0.39, 0.29) is 5.04 Å². The van der Waals surface area contributed by atoms with Gasteiger partial charge >= 0.3 is 0 Å². The van der Waals surface area contributed by atoms with Gasteiger partial charge in [0.2, 0.25) is 0 Å². The van der Waals surface area contributed by atoms with E-state index in [9.17, 15) is 0 Å². The molecule has 5 rings (SSSR count). The van der Waals surface area contributed by atoms with Gasteiger partial charge in [-0.15, -0.1) is 0 Å². The Morgan fingerprint density at radius 3 is 1.86 bits per heavy atom. The molecule has 0 amide bonds. The molecule has 0 saturated carbocycles. The first-order valence-corrected chi connectivity index (χ1v) is 17.5. The molecule has 0 aliphatic carbocycles. The number of hydrogen-bond acceptors (Lipinski definition) is 2. The fraction of sp³-hybridized carbons (Fsp3) is 0.375. The van der Waals surface area contributed by atoms with Crippen LogP contribution in [0.1, 0.15) is 39.2 Å². The van der Waals surface area contributed by atoms with Crippen molar-refractivity contribution in [2.24, 2.45) is 0 Å². The third-order valence-corrected chi connectivity index (χ3v) is 15.4. The van der Waals surface area contributed by atoms with Gasteiger partial charge in [0.25, 0.3) is 0 Å². The monoisotopic (exact) mass is 513 g/mol. The standard InChI is InChI=1S/C32H40NOPSi/c1-32(2,3)36(4,5)34-28-23-27-22-26(21-25-15-9-6-10-16-25)31(24-28)33(27)35(29-17-11-7-12-18-29)30-19-13-8-14-20-30/h6-20,22,27-28,31H,21,23-24H2,1-5H3/t27-,28+,31-/m1/s1. The van der Waals surface area contributed by atoms with Crippen LogP contribution in [0.3, 0.4) is 0 Å². The Labute approximate surface area is 220 Å². The molecule has 188 valence electrons. The summed E-state index contributed by atoms with van der Waals surface area (Å²) in [6, 6.07) is 34.2. The first kappa shape index (κ1) is 25.6. The predicted octanol–water partition coefficient (Wildman–Crippen LogP) is 7.44. The summed E-state index contributed by atoms with van der Waals surface area (Å²) in [5, 5.41) is 3.10. The van der Waals surface area contributed by atoms with E-state index in [1.807, 2.05) is 0 Å². The summed E-state index contributed by atoms with van der Waals surface area (Å²) < 4.78 is 9.91. The van der Waals surface area contributed by atoms with Crippen molar-refractivity contribution in [3.63, 3.8) is 0 Å². The van der Waals surface area contributed by atoms with Crippen molar-refractivity contribution < 1.29 is 4.43 Å². The molecular weight excluding hydrogens is 473 g/mol. The van der Waals surface area contributed by atoms with Crippen LogP contribution < -0.4 is 10.6 Å². The fourth-order valence-corrected chi connectivity index (χ4v) is 9.52. The van der Waals surface area contributed by atoms with E-state index >= 15 is 0 Å². The number of rotatable bonds is 7. The van der Waals surface area contributed by atoms with Crippen LogP contribution in [-0.2, 0) is 10.8 Å². The van der Waals surface area contributed by atoms with Crippen LogP contribution in [-0.4, -0.2) is 31.2 Å². The van der Waals surface area contributed by atoms with Crippen molar-refractivity contribution >= 4 is 27.0 Å². The zero-order chi connectivity index (χ0) is 25.3. The second-order valence-corrected chi connectivity index (χ2v) is 18.7. The lowest BCUT2D eigenvalue weighted by Crippen LogP contribution is -2.51. The van der Waals surface area contributed by atoms with Crippen LogP contribution >= 0.6 is 8.07 Å². The molecule has 3 aromatic carbocycles. The minimum atomic E-state index is -1.83. The smallest absolute Gasteiger partial charge is 0.192 e. The topological polar surface area (TPSA) is 12.5 Å². The maximum atomic E-state index is 7.05. The molecule has 2 aliphatic heterocycles. The van der Waals surface area contributed by atoms with Gasteiger partial charge in [0.1, 0.15) is 0 Å². The summed E-state index contributed by atoms with van der Waals surface area (Å²) in [6.45, 7) is 11.9. The third kappa shape index (κ3) is 5.31. The number of benzene rings is 3. The molecule has 0 spiro atoms. The first-order valence-electron chi connectivity index (χ1n) is 13.3. The Morgan fingerprint density at radius 1 is 0.806 bits per heavy atom. The van der Waals surface area contributed by atoms with Crippen LogP contribution in [0.15, 0.2) is 103 Å². The molecular formula is C32H40NOPSi. The van der Waals surface area contributed by atoms with Crippen molar-refractivity contribution in [3.8, 4) is 0 Å². The molecule has 2 nitrogen and oxygen atoms in total. The lowest BCUT2D eigenvalue weighted by atomic mass is 9.96. The van der Waals surface area contributed by atoms with Gasteiger partial charge in [-0.2, -0.15) is 0 Å². The fourth-order valence-electron chi connectivity index (χ4n) is 5.43. The van der Waals surface area contributed by atoms with E-state index < -0.39 is 16.4 Å². The average molecular weight is 514 g/mol. The summed E-state index contributed by atoms with van der Waals surface area (Å²) in [5.41, 5.74) is 2.98. The molecule has 2 aliphatic rings. The first-order chi connectivity index (χ1) is 17.2. The van der Waals surface area contributed by atoms with Gasteiger partial charge in [-0.05, 0) is 53.6 Å². The summed E-state index contributed by atoms with van der Waals surface area (Å²) >= 11 is 0. The minimum Gasteiger partial charge on any atom is -0.414 e. The van der Waals surface area contributed by atoms with Crippen molar-refractivity contribution in [2.45, 2.75) is 76.4 Å². The summed E-state index contributed by atoms with van der Waals surface area (Å²) in [7, 11) is -2.46. The molecule has 3 atom stereocenters. The van der Waals surface area contributed by atoms with E-state index in [1.165, 1.54) is 16.2 Å². The molecule has 2 heterocycles. The van der Waals surface area contributed by atoms with Crippen molar-refractivity contribution in [3.05, 3.63) is 108 Å². The second-order valence-electron chi connectivity index (χ2n) is 11.8. The second kappa shape index (κ2) is 10.4. The molecule has 36 heavy (non-hydrogen) atoms. The summed E-state index contributed by atoms with van der Waals surface area (Å²) in [5.74, 6) is 0. The highest BCUT2D eigenvalue weighted by atomic mass is 31.1. The maximum absolute atomic E-state index is 7.05. The number of nitrogens with zero attached hydrogens (tertiary/aromatic N) is 1. The van der Waals surface area contributed by atoms with Crippen LogP contribution in [0, 0.1) is 0 Å². The zero-order valence-corrected chi connectivity index (χ0v) is 24.3. The molecule has 0 N–H and O–H groups in total. The van der Waals surface area contributed by atoms with E-state index in [0.29, 0.717) is 18.2 Å². The van der Waals surface area contributed by atoms with Crippen LogP contribution in [0.2, 0.25) is 18.1 Å². The normalized spacial score (nSPS) is 22.6. The number of fused-ring (bicyclic) bond motifs is 2. The van der Waals surface area contributed by atoms with Crippen LogP contribution in [0.5, 0.6) is 0 Å². The van der Waals surface area contributed by atoms with Gasteiger partial charge in [-0.1, -0.05) is 123 Å². The van der Waals surface area contributed by atoms with E-state index in [1.54, 1.807) is 5.57 Å². The Hall–Kier alpha value is -2.03. The maximum Gasteiger partial charge on any atom is 0.192 e. The van der Waals surface area contributed by atoms with Crippen molar-refractivity contribution in [2.75, 3.05) is 0 Å². The zero-order valence-electron chi connectivity index (χ0n) is 22.4. The van der Waals surface area contributed by atoms with Gasteiger partial charge in [-0.3, -0.25) is 4.67 Å². The molecule has 0 unspecified atom stereocenters. The summed E-state index contributed by atoms with van der Waals surface area (Å²) in [6.07, 6.45) is 6.12. The Morgan fingerprint density at radius 2 is 1.33 bits per heavy atom. The highest BCUT2D eigenvalue weighted by Crippen LogP contribution is 2.52. The van der Waals surface area contributed by atoms with Crippen molar-refractivity contribution in [1.82, 2.24) is 4.67 Å². The Bertz CT molecular complexity index is 1130. The van der Waals surface area contributed by atoms with Gasteiger partial charge in [-0.25, -0.2) is 0 Å². The van der Waals surface area contributed by atoms with Gasteiger partial charge in [0.05, 0.1) is 0 Å². The molecule has 3 aromatic rings. The predicted molar refractivity (Wildman–Crippen MR) is 158 cm³/mol. The highest BCUT2D eigenvalue weighted by Gasteiger charge is 2.48. The molecule has 1 fully saturated rings. The SMILES string of the molecule is CC(C)(C)[Si](C)(C)O[C@H]1C[C@H]2C=C(Cc3ccccc3)[C@@H](C1)N2P(c1ccccc1)c1ccccc1. The molecule has 1 saturated heterocycles. The quantitative estimate of drug-likeness (QED) is 0.185. The van der Waals surface area contributed by atoms with Crippen LogP contribution in [0.25, 0.3) is 0 Å². The molecule has 0 aromatic heterocycles. The Balaban J connectivity index is 1.50. The lowest BCUT2D eigenvalue weighted by Gasteiger charge is -2.47. The van der Waals surface area contributed by atoms with E-state index in [2.05, 4.69) is 136 Å². The van der Waals surface area contributed by atoms with E-state index in [4.69, 9.17) is 4.43 Å². The third-order valence-electron chi connectivity index (χ3n) is 8.24. The molecule has 0 radical (unpaired) electrons. The number of hydrogen-bond donors (Lipinski definition) is 0. The van der Waals surface area contributed by atoms with E-state index in [0.717, 1.165) is 19.3 Å². The molecule has 2 bridgehead atoms. The summed E-state index contributed by atoms with van der Waals surface area (Å²) in [4.78, 5) is 0.